The van der Waals surface area contributed by atoms with Crippen LogP contribution in [0.3, 0.4) is 0 Å². The highest BCUT2D eigenvalue weighted by Gasteiger charge is 2.15. The van der Waals surface area contributed by atoms with E-state index in [-0.39, 0.29) is 5.54 Å². The van der Waals surface area contributed by atoms with E-state index in [1.54, 1.807) is 0 Å². The Morgan fingerprint density at radius 3 is 2.19 bits per heavy atom. The van der Waals surface area contributed by atoms with Gasteiger partial charge in [0.15, 0.2) is 0 Å². The minimum Gasteiger partial charge on any atom is -0.308 e. The molecule has 0 atom stereocenters. The molecule has 16 heavy (non-hydrogen) atoms. The molecule has 0 saturated carbocycles. The van der Waals surface area contributed by atoms with E-state index in [1.165, 1.54) is 29.5 Å². The summed E-state index contributed by atoms with van der Waals surface area (Å²) in [5.41, 5.74) is 4.47. The first kappa shape index (κ1) is 13.2. The fraction of sp³-hybridized carbons (Fsp3) is 0.600. The van der Waals surface area contributed by atoms with Crippen molar-refractivity contribution < 1.29 is 0 Å². The van der Waals surface area contributed by atoms with Gasteiger partial charge < -0.3 is 5.32 Å². The van der Waals surface area contributed by atoms with E-state index in [0.29, 0.717) is 0 Å². The van der Waals surface area contributed by atoms with E-state index < -0.39 is 0 Å². The lowest BCUT2D eigenvalue weighted by Gasteiger charge is -2.27. The minimum absolute atomic E-state index is 0.240. The summed E-state index contributed by atoms with van der Waals surface area (Å²) in [4.78, 5) is 0. The predicted octanol–water partition coefficient (Wildman–Crippen LogP) is 3.97. The van der Waals surface area contributed by atoms with Crippen molar-refractivity contribution in [3.05, 3.63) is 34.9 Å². The second kappa shape index (κ2) is 5.49. The van der Waals surface area contributed by atoms with Gasteiger partial charge in [-0.05, 0) is 50.8 Å². The summed E-state index contributed by atoms with van der Waals surface area (Å²) in [7, 11) is 0. The smallest absolute Gasteiger partial charge is 0.0215 e. The number of benzene rings is 1. The van der Waals surface area contributed by atoms with Gasteiger partial charge in [-0.15, -0.1) is 0 Å². The molecule has 0 radical (unpaired) electrons. The minimum atomic E-state index is 0.240. The van der Waals surface area contributed by atoms with E-state index in [2.05, 4.69) is 58.1 Å². The molecule has 0 aliphatic carbocycles. The van der Waals surface area contributed by atoms with Crippen LogP contribution in [0.4, 0.5) is 0 Å². The number of nitrogens with one attached hydrogen (secondary N) is 1. The topological polar surface area (TPSA) is 12.0 Å². The highest BCUT2D eigenvalue weighted by atomic mass is 14.9. The molecule has 1 heteroatoms. The van der Waals surface area contributed by atoms with E-state index in [4.69, 9.17) is 0 Å². The zero-order valence-electron chi connectivity index (χ0n) is 11.4. The summed E-state index contributed by atoms with van der Waals surface area (Å²) in [5.74, 6) is 0. The SMILES string of the molecule is CCCC(C)(C)NCc1c(C)cccc1C. The molecule has 1 aromatic rings. The molecule has 1 rings (SSSR count). The Bertz CT molecular complexity index is 319. The lowest BCUT2D eigenvalue weighted by molar-refractivity contribution is 0.356. The molecule has 0 fully saturated rings. The Morgan fingerprint density at radius 2 is 1.69 bits per heavy atom. The summed E-state index contributed by atoms with van der Waals surface area (Å²) < 4.78 is 0. The Kier molecular flexibility index (Phi) is 4.55. The van der Waals surface area contributed by atoms with Crippen molar-refractivity contribution in [1.29, 1.82) is 0 Å². The Hall–Kier alpha value is -0.820. The van der Waals surface area contributed by atoms with Crippen molar-refractivity contribution in [1.82, 2.24) is 5.32 Å². The standard InChI is InChI=1S/C15H25N/c1-6-10-15(4,5)16-11-14-12(2)8-7-9-13(14)3/h7-9,16H,6,10-11H2,1-5H3. The van der Waals surface area contributed by atoms with Gasteiger partial charge in [-0.1, -0.05) is 31.5 Å². The van der Waals surface area contributed by atoms with Gasteiger partial charge >= 0.3 is 0 Å². The van der Waals surface area contributed by atoms with E-state index >= 15 is 0 Å². The highest BCUT2D eigenvalue weighted by molar-refractivity contribution is 5.33. The van der Waals surface area contributed by atoms with Crippen LogP contribution in [0.25, 0.3) is 0 Å². The molecule has 0 bridgehead atoms. The molecule has 0 aliphatic heterocycles. The van der Waals surface area contributed by atoms with E-state index in [9.17, 15) is 0 Å². The molecule has 1 N–H and O–H groups in total. The third-order valence-corrected chi connectivity index (χ3v) is 3.26. The van der Waals surface area contributed by atoms with Crippen LogP contribution in [0.15, 0.2) is 18.2 Å². The van der Waals surface area contributed by atoms with Crippen molar-refractivity contribution in [2.45, 2.75) is 59.5 Å². The summed E-state index contributed by atoms with van der Waals surface area (Å²) in [6, 6.07) is 6.51. The third-order valence-electron chi connectivity index (χ3n) is 3.26. The van der Waals surface area contributed by atoms with Gasteiger partial charge in [0.25, 0.3) is 0 Å². The molecule has 0 heterocycles. The maximum Gasteiger partial charge on any atom is 0.0215 e. The van der Waals surface area contributed by atoms with Gasteiger partial charge in [0, 0.05) is 12.1 Å². The predicted molar refractivity (Wildman–Crippen MR) is 71.7 cm³/mol. The monoisotopic (exact) mass is 219 g/mol. The number of rotatable bonds is 5. The Morgan fingerprint density at radius 1 is 1.12 bits per heavy atom. The number of hydrogen-bond donors (Lipinski definition) is 1. The largest absolute Gasteiger partial charge is 0.308 e. The van der Waals surface area contributed by atoms with Gasteiger partial charge in [0.05, 0.1) is 0 Å². The molecular weight excluding hydrogens is 194 g/mol. The van der Waals surface area contributed by atoms with E-state index in [1.807, 2.05) is 0 Å². The van der Waals surface area contributed by atoms with E-state index in [0.717, 1.165) is 6.54 Å². The van der Waals surface area contributed by atoms with Gasteiger partial charge in [0.2, 0.25) is 0 Å². The van der Waals surface area contributed by atoms with Crippen LogP contribution in [0.2, 0.25) is 0 Å². The second-order valence-corrected chi connectivity index (χ2v) is 5.36. The van der Waals surface area contributed by atoms with Crippen LogP contribution < -0.4 is 5.32 Å². The van der Waals surface area contributed by atoms with Gasteiger partial charge in [-0.3, -0.25) is 0 Å². The van der Waals surface area contributed by atoms with Crippen LogP contribution >= 0.6 is 0 Å². The summed E-state index contributed by atoms with van der Waals surface area (Å²) in [6.07, 6.45) is 2.45. The van der Waals surface area contributed by atoms with Crippen molar-refractivity contribution in [3.8, 4) is 0 Å². The number of hydrogen-bond acceptors (Lipinski definition) is 1. The summed E-state index contributed by atoms with van der Waals surface area (Å²) in [6.45, 7) is 12.2. The van der Waals surface area contributed by atoms with Gasteiger partial charge in [-0.2, -0.15) is 0 Å². The molecule has 0 saturated heterocycles. The van der Waals surface area contributed by atoms with Crippen molar-refractivity contribution in [2.75, 3.05) is 0 Å². The Balaban J connectivity index is 2.68. The lowest BCUT2D eigenvalue weighted by Crippen LogP contribution is -2.38. The van der Waals surface area contributed by atoms with Crippen LogP contribution in [0.1, 0.15) is 50.3 Å². The first-order valence-corrected chi connectivity index (χ1v) is 6.26. The molecular formula is C15H25N. The van der Waals surface area contributed by atoms with Crippen LogP contribution in [-0.4, -0.2) is 5.54 Å². The zero-order chi connectivity index (χ0) is 12.2. The molecule has 0 amide bonds. The maximum atomic E-state index is 3.66. The fourth-order valence-corrected chi connectivity index (χ4v) is 2.17. The molecule has 1 nitrogen and oxygen atoms in total. The fourth-order valence-electron chi connectivity index (χ4n) is 2.17. The molecule has 0 unspecified atom stereocenters. The van der Waals surface area contributed by atoms with Crippen LogP contribution in [0, 0.1) is 13.8 Å². The summed E-state index contributed by atoms with van der Waals surface area (Å²) >= 11 is 0. The Labute approximate surface area is 100 Å². The first-order valence-electron chi connectivity index (χ1n) is 6.26. The molecule has 0 aromatic heterocycles. The van der Waals surface area contributed by atoms with Crippen LogP contribution in [-0.2, 0) is 6.54 Å². The normalized spacial score (nSPS) is 11.8. The highest BCUT2D eigenvalue weighted by Crippen LogP contribution is 2.16. The molecule has 90 valence electrons. The average molecular weight is 219 g/mol. The molecule has 1 aromatic carbocycles. The first-order chi connectivity index (χ1) is 7.46. The third kappa shape index (κ3) is 3.64. The molecule has 0 aliphatic rings. The quantitative estimate of drug-likeness (QED) is 0.790. The van der Waals surface area contributed by atoms with Crippen LogP contribution in [0.5, 0.6) is 0 Å². The second-order valence-electron chi connectivity index (χ2n) is 5.36. The van der Waals surface area contributed by atoms with Gasteiger partial charge in [0.1, 0.15) is 0 Å². The number of aryl methyl sites for hydroxylation is 2. The van der Waals surface area contributed by atoms with Crippen molar-refractivity contribution in [2.24, 2.45) is 0 Å². The summed E-state index contributed by atoms with van der Waals surface area (Å²) in [5, 5.41) is 3.66. The average Bonchev–Trinajstić information content (AvgIpc) is 2.16. The zero-order valence-corrected chi connectivity index (χ0v) is 11.4. The maximum absolute atomic E-state index is 3.66. The van der Waals surface area contributed by atoms with Gasteiger partial charge in [-0.25, -0.2) is 0 Å². The van der Waals surface area contributed by atoms with Crippen molar-refractivity contribution >= 4 is 0 Å². The lowest BCUT2D eigenvalue weighted by atomic mass is 9.97. The van der Waals surface area contributed by atoms with Crippen molar-refractivity contribution in [3.63, 3.8) is 0 Å². The molecule has 0 spiro atoms.